The molecule has 23 heteroatoms. The number of carboxylic acid groups (broad SMARTS) is 1. The first-order chi connectivity index (χ1) is 34.4. The summed E-state index contributed by atoms with van der Waals surface area (Å²) in [5, 5.41) is 21.9. The Morgan fingerprint density at radius 1 is 0.847 bits per heavy atom. The van der Waals surface area contributed by atoms with Gasteiger partial charge in [0.2, 0.25) is 22.9 Å². The highest BCUT2D eigenvalue weighted by Gasteiger charge is 2.27. The molecule has 1 unspecified atom stereocenters. The van der Waals surface area contributed by atoms with Crippen LogP contribution in [-0.2, 0) is 37.5 Å². The van der Waals surface area contributed by atoms with Crippen LogP contribution in [0, 0.1) is 13.8 Å². The zero-order chi connectivity index (χ0) is 51.5. The number of benzene rings is 4. The van der Waals surface area contributed by atoms with Gasteiger partial charge in [-0.25, -0.2) is 19.6 Å². The summed E-state index contributed by atoms with van der Waals surface area (Å²) >= 11 is 0. The Morgan fingerprint density at radius 3 is 2.12 bits per heavy atom. The SMILES string of the molecule is Cc1cc(C(=O)NCCOCCNC(=O)CCC(NC(=O)c2ccc(NCc3cnc4nc(N)[nH]c(=O)c4n3)cc2)C(=O)O)cc(C)c1OC(=O)c1c2ccccc2[n+](CCCS(=O)(=O)O)c2ccccc12. The molecule has 0 radical (unpaired) electrons. The highest BCUT2D eigenvalue weighted by atomic mass is 32.2. The van der Waals surface area contributed by atoms with E-state index in [1.165, 1.54) is 18.3 Å². The second-order valence-corrected chi connectivity index (χ2v) is 18.1. The average Bonchev–Trinajstić information content (AvgIpc) is 3.34. The second-order valence-electron chi connectivity index (χ2n) is 16.6. The predicted octanol–water partition coefficient (Wildman–Crippen LogP) is 3.14. The maximum Gasteiger partial charge on any atom is 0.345 e. The van der Waals surface area contributed by atoms with E-state index in [0.717, 1.165) is 0 Å². The Hall–Kier alpha value is -8.41. The van der Waals surface area contributed by atoms with Crippen molar-refractivity contribution in [2.75, 3.05) is 43.1 Å². The van der Waals surface area contributed by atoms with E-state index in [1.54, 1.807) is 62.4 Å². The molecule has 0 saturated heterocycles. The minimum absolute atomic E-state index is 0.0339. The van der Waals surface area contributed by atoms with Crippen LogP contribution in [-0.4, -0.2) is 106 Å². The Morgan fingerprint density at radius 2 is 1.49 bits per heavy atom. The van der Waals surface area contributed by atoms with Gasteiger partial charge in [0.15, 0.2) is 17.7 Å². The minimum atomic E-state index is -4.16. The first-order valence-corrected chi connectivity index (χ1v) is 24.2. The number of aliphatic carboxylic acids is 1. The lowest BCUT2D eigenvalue weighted by Gasteiger charge is -2.15. The smallest absolute Gasteiger partial charge is 0.345 e. The van der Waals surface area contributed by atoms with Gasteiger partial charge in [-0.3, -0.25) is 28.7 Å². The van der Waals surface area contributed by atoms with E-state index in [2.05, 4.69) is 41.2 Å². The van der Waals surface area contributed by atoms with Gasteiger partial charge in [0.1, 0.15) is 11.8 Å². The van der Waals surface area contributed by atoms with Crippen LogP contribution >= 0.6 is 0 Å². The fourth-order valence-corrected chi connectivity index (χ4v) is 8.42. The summed E-state index contributed by atoms with van der Waals surface area (Å²) in [6.07, 6.45) is 1.23. The third-order valence-corrected chi connectivity index (χ3v) is 12.1. The number of pyridine rings is 1. The quantitative estimate of drug-likeness (QED) is 0.0121. The van der Waals surface area contributed by atoms with Crippen molar-refractivity contribution in [1.82, 2.24) is 35.9 Å². The first-order valence-electron chi connectivity index (χ1n) is 22.6. The third kappa shape index (κ3) is 13.1. The van der Waals surface area contributed by atoms with Crippen molar-refractivity contribution in [2.24, 2.45) is 0 Å². The number of carbonyl (C=O) groups is 5. The summed E-state index contributed by atoms with van der Waals surface area (Å²) in [5.74, 6) is -3.62. The molecule has 7 rings (SSSR count). The van der Waals surface area contributed by atoms with E-state index in [-0.39, 0.29) is 87.1 Å². The third-order valence-electron chi connectivity index (χ3n) is 11.3. The molecular weight excluding hydrogens is 953 g/mol. The Kier molecular flexibility index (Phi) is 16.4. The number of para-hydroxylation sites is 2. The number of carboxylic acids is 1. The average molecular weight is 1000 g/mol. The molecule has 0 bridgehead atoms. The van der Waals surface area contributed by atoms with Crippen molar-refractivity contribution in [3.05, 3.63) is 135 Å². The molecule has 3 amide bonds. The van der Waals surface area contributed by atoms with Gasteiger partial charge >= 0.3 is 11.9 Å². The second kappa shape index (κ2) is 23.0. The number of nitrogens with two attached hydrogens (primary N) is 1. The van der Waals surface area contributed by atoms with Crippen LogP contribution in [0.15, 0.2) is 95.9 Å². The van der Waals surface area contributed by atoms with Crippen LogP contribution < -0.4 is 41.9 Å². The van der Waals surface area contributed by atoms with Crippen LogP contribution in [0.1, 0.15) is 67.2 Å². The number of hydrogen-bond acceptors (Lipinski definition) is 15. The number of nitrogen functional groups attached to an aromatic ring is 1. The molecule has 0 spiro atoms. The number of aromatic nitrogens is 5. The first kappa shape index (κ1) is 51.4. The lowest BCUT2D eigenvalue weighted by atomic mass is 10.0. The highest BCUT2D eigenvalue weighted by Crippen LogP contribution is 2.30. The van der Waals surface area contributed by atoms with Crippen LogP contribution in [0.25, 0.3) is 33.0 Å². The summed E-state index contributed by atoms with van der Waals surface area (Å²) in [6.45, 7) is 4.38. The lowest BCUT2D eigenvalue weighted by molar-refractivity contribution is -0.645. The molecule has 0 aliphatic heterocycles. The summed E-state index contributed by atoms with van der Waals surface area (Å²) < 4.78 is 45.7. The van der Waals surface area contributed by atoms with Gasteiger partial charge in [-0.05, 0) is 79.9 Å². The van der Waals surface area contributed by atoms with Crippen molar-refractivity contribution in [3.63, 3.8) is 0 Å². The van der Waals surface area contributed by atoms with Crippen LogP contribution in [0.5, 0.6) is 5.75 Å². The van der Waals surface area contributed by atoms with Crippen LogP contribution in [0.2, 0.25) is 0 Å². The number of esters is 1. The molecule has 72 heavy (non-hydrogen) atoms. The van der Waals surface area contributed by atoms with Gasteiger partial charge in [-0.1, -0.05) is 24.3 Å². The molecule has 0 aliphatic rings. The van der Waals surface area contributed by atoms with E-state index in [9.17, 15) is 46.8 Å². The van der Waals surface area contributed by atoms with Crippen molar-refractivity contribution in [3.8, 4) is 5.75 Å². The van der Waals surface area contributed by atoms with Crippen LogP contribution in [0.4, 0.5) is 11.6 Å². The van der Waals surface area contributed by atoms with E-state index >= 15 is 0 Å². The van der Waals surface area contributed by atoms with Crippen LogP contribution in [0.3, 0.4) is 0 Å². The van der Waals surface area contributed by atoms with E-state index in [0.29, 0.717) is 55.4 Å². The Labute approximate surface area is 411 Å². The molecule has 3 aromatic heterocycles. The fraction of sp³-hybridized carbons (Fsp3) is 0.265. The molecule has 374 valence electrons. The summed E-state index contributed by atoms with van der Waals surface area (Å²) in [7, 11) is -4.16. The molecule has 7 aromatic rings. The number of fused-ring (bicyclic) bond motifs is 3. The number of nitrogens with zero attached hydrogens (tertiary/aromatic N) is 4. The molecule has 22 nitrogen and oxygen atoms in total. The number of carbonyl (C=O) groups excluding carboxylic acids is 4. The summed E-state index contributed by atoms with van der Waals surface area (Å²) in [4.78, 5) is 91.4. The van der Waals surface area contributed by atoms with E-state index in [4.69, 9.17) is 15.2 Å². The fourth-order valence-electron chi connectivity index (χ4n) is 7.92. The Balaban J connectivity index is 0.824. The van der Waals surface area contributed by atoms with Crippen molar-refractivity contribution < 1.29 is 56.1 Å². The maximum atomic E-state index is 14.0. The number of nitrogens with one attached hydrogen (secondary N) is 5. The van der Waals surface area contributed by atoms with Crippen molar-refractivity contribution in [2.45, 2.75) is 52.2 Å². The number of amides is 3. The topological polar surface area (TPSA) is 328 Å². The number of hydrogen-bond donors (Lipinski definition) is 8. The molecule has 4 aromatic carbocycles. The van der Waals surface area contributed by atoms with Crippen molar-refractivity contribution in [1.29, 1.82) is 0 Å². The largest absolute Gasteiger partial charge is 0.480 e. The monoisotopic (exact) mass is 1000 g/mol. The lowest BCUT2D eigenvalue weighted by Crippen LogP contribution is -2.41. The van der Waals surface area contributed by atoms with E-state index < -0.39 is 57.1 Å². The zero-order valence-electron chi connectivity index (χ0n) is 39.1. The van der Waals surface area contributed by atoms with Gasteiger partial charge in [-0.15, -0.1) is 0 Å². The van der Waals surface area contributed by atoms with Gasteiger partial charge < -0.3 is 41.6 Å². The van der Waals surface area contributed by atoms with Crippen molar-refractivity contribution >= 4 is 84.4 Å². The number of aromatic amines is 1. The molecule has 0 aliphatic carbocycles. The highest BCUT2D eigenvalue weighted by molar-refractivity contribution is 7.85. The molecule has 1 atom stereocenters. The summed E-state index contributed by atoms with van der Waals surface area (Å²) in [5.41, 5.74) is 9.49. The molecule has 0 saturated carbocycles. The molecule has 9 N–H and O–H groups in total. The molecule has 3 heterocycles. The van der Waals surface area contributed by atoms with Gasteiger partial charge in [-0.2, -0.15) is 18.0 Å². The van der Waals surface area contributed by atoms with E-state index in [1.807, 2.05) is 28.8 Å². The standard InChI is InChI=1S/C49H50N10O12S/c1-28-24-31(25-29(2)42(28)71-48(66)40-34-8-3-5-10-37(34)59(20-7-23-72(67,68)69)38-11-6-4-9-35(38)40)44(61)52-19-22-70-21-18-51-39(60)17-16-36(47(64)65)56-45(62)30-12-14-32(15-13-30)53-26-33-27-54-43-41(55-33)46(63)58-49(50)57-43/h3-6,8-15,24-25,27,36H,7,16-23,26H2,1-2H3,(H8-,50,51,52,53,54,56,57,58,60,61,62,63,64,65,67,68,69)/p+1. The molecule has 0 fully saturated rings. The normalized spacial score (nSPS) is 11.8. The zero-order valence-corrected chi connectivity index (χ0v) is 39.9. The summed E-state index contributed by atoms with van der Waals surface area (Å²) in [6, 6.07) is 22.5. The number of rotatable bonds is 22. The molecular formula is C49H51N10O12S+. The number of anilines is 2. The Bertz CT molecular complexity index is 3310. The van der Waals surface area contributed by atoms with Gasteiger partial charge in [0, 0.05) is 54.9 Å². The predicted molar refractivity (Wildman–Crippen MR) is 264 cm³/mol. The van der Waals surface area contributed by atoms with Gasteiger partial charge in [0.25, 0.3) is 27.5 Å². The number of H-pyrrole nitrogens is 1. The van der Waals surface area contributed by atoms with Gasteiger partial charge in [0.05, 0.1) is 53.7 Å². The number of ether oxygens (including phenoxy) is 2. The maximum absolute atomic E-state index is 14.0. The minimum Gasteiger partial charge on any atom is -0.480 e. The number of aryl methyl sites for hydroxylation is 3.